The molecule has 180 valence electrons. The fraction of sp³-hybridized carbons (Fsp3) is 0.136. The lowest BCUT2D eigenvalue weighted by Gasteiger charge is -2.16. The second kappa shape index (κ2) is 10.7. The minimum absolute atomic E-state index is 0.0196. The fourth-order valence-electron chi connectivity index (χ4n) is 3.04. The number of carbonyl (C=O) groups excluding carboxylic acids is 1. The molecule has 3 rings (SSSR count). The molecule has 2 atom stereocenters. The zero-order valence-corrected chi connectivity index (χ0v) is 20.1. The van der Waals surface area contributed by atoms with E-state index in [0.29, 0.717) is 5.56 Å². The first-order valence-corrected chi connectivity index (χ1v) is 12.2. The molecule has 0 bridgehead atoms. The SMILES string of the molecule is O=C(Nc1ccc(S(=O)(=O)Nc2cccc(OC(F)(F)P)c2)c(Cl)c1)[C@@H](CO)c1ccccc1. The number of ether oxygens (including phenoxy) is 1. The molecular formula is C22H20ClF2N2O5PS. The summed E-state index contributed by atoms with van der Waals surface area (Å²) in [7, 11) is -2.98. The van der Waals surface area contributed by atoms with Crippen molar-refractivity contribution >= 4 is 48.1 Å². The Morgan fingerprint density at radius 3 is 2.38 bits per heavy atom. The van der Waals surface area contributed by atoms with E-state index in [4.69, 9.17) is 11.6 Å². The molecule has 3 aromatic carbocycles. The molecule has 34 heavy (non-hydrogen) atoms. The van der Waals surface area contributed by atoms with E-state index in [9.17, 15) is 27.1 Å². The van der Waals surface area contributed by atoms with Crippen LogP contribution in [-0.2, 0) is 14.8 Å². The van der Waals surface area contributed by atoms with Gasteiger partial charge in [0.25, 0.3) is 10.0 Å². The average Bonchev–Trinajstić information content (AvgIpc) is 2.73. The molecule has 0 fully saturated rings. The van der Waals surface area contributed by atoms with E-state index < -0.39 is 34.3 Å². The molecule has 0 saturated carbocycles. The van der Waals surface area contributed by atoms with Crippen LogP contribution in [0.5, 0.6) is 5.75 Å². The maximum atomic E-state index is 13.0. The summed E-state index contributed by atoms with van der Waals surface area (Å²) in [5.41, 5.74) is 0.817. The summed E-state index contributed by atoms with van der Waals surface area (Å²) in [6.45, 7) is -0.425. The number of amides is 1. The number of hydrogen-bond donors (Lipinski definition) is 3. The second-order valence-corrected chi connectivity index (χ2v) is 9.81. The Balaban J connectivity index is 1.76. The van der Waals surface area contributed by atoms with Crippen molar-refractivity contribution in [2.75, 3.05) is 16.6 Å². The predicted molar refractivity (Wildman–Crippen MR) is 129 cm³/mol. The molecule has 0 aliphatic carbocycles. The lowest BCUT2D eigenvalue weighted by molar-refractivity contribution is -0.118. The van der Waals surface area contributed by atoms with Gasteiger partial charge in [0, 0.05) is 11.8 Å². The van der Waals surface area contributed by atoms with Gasteiger partial charge in [-0.25, -0.2) is 8.42 Å². The molecule has 0 aliphatic rings. The summed E-state index contributed by atoms with van der Waals surface area (Å²) in [6.07, 6.45) is 0. The van der Waals surface area contributed by atoms with Crippen LogP contribution < -0.4 is 14.8 Å². The third-order valence-corrected chi connectivity index (χ3v) is 6.51. The van der Waals surface area contributed by atoms with Crippen molar-refractivity contribution in [1.29, 1.82) is 0 Å². The first-order valence-electron chi connectivity index (χ1n) is 9.73. The minimum Gasteiger partial charge on any atom is -0.430 e. The van der Waals surface area contributed by atoms with Crippen LogP contribution in [0.3, 0.4) is 0 Å². The van der Waals surface area contributed by atoms with Crippen molar-refractivity contribution in [2.24, 2.45) is 0 Å². The van der Waals surface area contributed by atoms with Gasteiger partial charge in [0.2, 0.25) is 5.91 Å². The highest BCUT2D eigenvalue weighted by molar-refractivity contribution is 7.92. The highest BCUT2D eigenvalue weighted by Gasteiger charge is 2.25. The quantitative estimate of drug-likeness (QED) is 0.350. The van der Waals surface area contributed by atoms with E-state index in [1.54, 1.807) is 30.3 Å². The van der Waals surface area contributed by atoms with Gasteiger partial charge in [-0.05, 0) is 45.1 Å². The van der Waals surface area contributed by atoms with E-state index in [2.05, 4.69) is 14.8 Å². The van der Waals surface area contributed by atoms with E-state index in [0.717, 1.165) is 6.07 Å². The van der Waals surface area contributed by atoms with E-state index >= 15 is 0 Å². The monoisotopic (exact) mass is 528 g/mol. The molecule has 0 spiro atoms. The number of rotatable bonds is 9. The molecule has 1 amide bonds. The Morgan fingerprint density at radius 2 is 1.76 bits per heavy atom. The van der Waals surface area contributed by atoms with Gasteiger partial charge >= 0.3 is 5.85 Å². The number of aliphatic hydroxyl groups excluding tert-OH is 1. The minimum atomic E-state index is -4.20. The van der Waals surface area contributed by atoms with Gasteiger partial charge in [0.1, 0.15) is 10.6 Å². The lowest BCUT2D eigenvalue weighted by atomic mass is 9.99. The Morgan fingerprint density at radius 1 is 1.06 bits per heavy atom. The summed E-state index contributed by atoms with van der Waals surface area (Å²) < 4.78 is 58.3. The third-order valence-electron chi connectivity index (χ3n) is 4.53. The van der Waals surface area contributed by atoms with E-state index in [1.165, 1.54) is 45.6 Å². The summed E-state index contributed by atoms with van der Waals surface area (Å²) in [5.74, 6) is -5.09. The van der Waals surface area contributed by atoms with Crippen LogP contribution in [0.25, 0.3) is 0 Å². The molecule has 12 heteroatoms. The van der Waals surface area contributed by atoms with Gasteiger partial charge in [-0.15, -0.1) is 0 Å². The summed E-state index contributed by atoms with van der Waals surface area (Å²) in [4.78, 5) is 12.3. The number of alkyl halides is 2. The summed E-state index contributed by atoms with van der Waals surface area (Å²) in [6, 6.07) is 17.5. The standard InChI is InChI=1S/C22H20ClF2N2O5PS/c23-19-12-15(26-21(29)18(13-28)14-5-2-1-3-6-14)9-10-20(19)34(30,31)27-16-7-4-8-17(11-16)32-22(24,25)33/h1-12,18,27-28H,13,33H2,(H,26,29)/t18-/m0/s1. The number of carbonyl (C=O) groups is 1. The smallest absolute Gasteiger partial charge is 0.408 e. The molecular weight excluding hydrogens is 509 g/mol. The van der Waals surface area contributed by atoms with Crippen LogP contribution in [0.2, 0.25) is 5.02 Å². The maximum absolute atomic E-state index is 13.0. The highest BCUT2D eigenvalue weighted by Crippen LogP contribution is 2.31. The third kappa shape index (κ3) is 6.87. The molecule has 0 radical (unpaired) electrons. The normalized spacial score (nSPS) is 12.6. The van der Waals surface area contributed by atoms with Crippen molar-refractivity contribution in [2.45, 2.75) is 16.7 Å². The Bertz CT molecular complexity index is 1270. The summed E-state index contributed by atoms with van der Waals surface area (Å²) in [5, 5.41) is 12.0. The Hall–Kier alpha value is -2.78. The highest BCUT2D eigenvalue weighted by atomic mass is 35.5. The van der Waals surface area contributed by atoms with Crippen LogP contribution in [0.4, 0.5) is 20.2 Å². The van der Waals surface area contributed by atoms with Crippen molar-refractivity contribution in [3.63, 3.8) is 0 Å². The molecule has 7 nitrogen and oxygen atoms in total. The molecule has 0 saturated heterocycles. The Kier molecular flexibility index (Phi) is 8.09. The number of aliphatic hydroxyl groups is 1. The molecule has 1 unspecified atom stereocenters. The zero-order chi connectivity index (χ0) is 24.9. The van der Waals surface area contributed by atoms with Gasteiger partial charge in [0.05, 0.1) is 23.2 Å². The van der Waals surface area contributed by atoms with Gasteiger partial charge < -0.3 is 15.2 Å². The van der Waals surface area contributed by atoms with Crippen LogP contribution >= 0.6 is 20.8 Å². The summed E-state index contributed by atoms with van der Waals surface area (Å²) >= 11 is 6.17. The van der Waals surface area contributed by atoms with Crippen molar-refractivity contribution < 1.29 is 31.8 Å². The van der Waals surface area contributed by atoms with Crippen molar-refractivity contribution in [3.8, 4) is 5.75 Å². The van der Waals surface area contributed by atoms with E-state index in [-0.39, 0.29) is 27.0 Å². The topological polar surface area (TPSA) is 105 Å². The Labute approximate surface area is 202 Å². The van der Waals surface area contributed by atoms with Crippen LogP contribution in [0.1, 0.15) is 11.5 Å². The number of anilines is 2. The van der Waals surface area contributed by atoms with Crippen LogP contribution in [0.15, 0.2) is 77.7 Å². The van der Waals surface area contributed by atoms with Crippen LogP contribution in [0, 0.1) is 0 Å². The lowest BCUT2D eigenvalue weighted by Crippen LogP contribution is -2.24. The molecule has 0 aromatic heterocycles. The average molecular weight is 529 g/mol. The second-order valence-electron chi connectivity index (χ2n) is 7.08. The van der Waals surface area contributed by atoms with Crippen molar-refractivity contribution in [3.05, 3.63) is 83.4 Å². The number of sulfonamides is 1. The fourth-order valence-corrected chi connectivity index (χ4v) is 4.77. The number of hydrogen-bond acceptors (Lipinski definition) is 5. The molecule has 0 aliphatic heterocycles. The van der Waals surface area contributed by atoms with E-state index in [1.807, 2.05) is 0 Å². The van der Waals surface area contributed by atoms with Gasteiger partial charge in [-0.2, -0.15) is 8.78 Å². The number of nitrogens with one attached hydrogen (secondary N) is 2. The largest absolute Gasteiger partial charge is 0.430 e. The first kappa shape index (κ1) is 25.8. The molecule has 3 aromatic rings. The number of halogens is 3. The maximum Gasteiger partial charge on any atom is 0.408 e. The molecule has 0 heterocycles. The molecule has 3 N–H and O–H groups in total. The van der Waals surface area contributed by atoms with Gasteiger partial charge in [0.15, 0.2) is 0 Å². The first-order chi connectivity index (χ1) is 16.0. The van der Waals surface area contributed by atoms with Crippen molar-refractivity contribution in [1.82, 2.24) is 0 Å². The number of benzene rings is 3. The predicted octanol–water partition coefficient (Wildman–Crippen LogP) is 4.66. The zero-order valence-electron chi connectivity index (χ0n) is 17.4. The van der Waals surface area contributed by atoms with Gasteiger partial charge in [-0.3, -0.25) is 9.52 Å². The van der Waals surface area contributed by atoms with Crippen LogP contribution in [-0.4, -0.2) is 31.9 Å². The van der Waals surface area contributed by atoms with Gasteiger partial charge in [-0.1, -0.05) is 48.0 Å².